The highest BCUT2D eigenvalue weighted by Gasteiger charge is 2.18. The van der Waals surface area contributed by atoms with Gasteiger partial charge in [0.25, 0.3) is 0 Å². The zero-order chi connectivity index (χ0) is 19.5. The van der Waals surface area contributed by atoms with E-state index in [0.717, 1.165) is 42.0 Å². The van der Waals surface area contributed by atoms with E-state index < -0.39 is 11.6 Å². The van der Waals surface area contributed by atoms with Gasteiger partial charge >= 0.3 is 0 Å². The molecule has 140 valence electrons. The van der Waals surface area contributed by atoms with Crippen molar-refractivity contribution in [3.63, 3.8) is 0 Å². The van der Waals surface area contributed by atoms with Gasteiger partial charge in [0, 0.05) is 17.7 Å². The monoisotopic (exact) mass is 391 g/mol. The third-order valence-electron chi connectivity index (χ3n) is 5.50. The van der Waals surface area contributed by atoms with E-state index in [1.54, 1.807) is 0 Å². The van der Waals surface area contributed by atoms with Crippen LogP contribution < -0.4 is 0 Å². The molecule has 0 bridgehead atoms. The number of hydrogen-bond donors (Lipinski definition) is 0. The smallest absolute Gasteiger partial charge is 0.143 e. The number of allylic oxidation sites excluding steroid dienone is 1. The highest BCUT2D eigenvalue weighted by Crippen LogP contribution is 2.31. The fourth-order valence-corrected chi connectivity index (χ4v) is 3.85. The Labute approximate surface area is 169 Å². The molecule has 2 aromatic rings. The minimum atomic E-state index is -0.742. The molecule has 0 aromatic heterocycles. The summed E-state index contributed by atoms with van der Waals surface area (Å²) in [6.45, 7) is 0. The maximum atomic E-state index is 14.1. The van der Waals surface area contributed by atoms with Crippen molar-refractivity contribution in [2.24, 2.45) is 10.9 Å². The number of rotatable bonds is 3. The second-order valence-electron chi connectivity index (χ2n) is 7.44. The predicted octanol–water partition coefficient (Wildman–Crippen LogP) is 6.42. The van der Waals surface area contributed by atoms with Crippen LogP contribution in [0.25, 0.3) is 6.08 Å². The summed E-state index contributed by atoms with van der Waals surface area (Å²) in [6, 6.07) is 8.87. The number of aryl methyl sites for hydroxylation is 1. The molecule has 0 radical (unpaired) electrons. The Balaban J connectivity index is 1.55. The summed E-state index contributed by atoms with van der Waals surface area (Å²) in [5, 5.41) is 2.10. The molecule has 0 heterocycles. The fourth-order valence-electron chi connectivity index (χ4n) is 3.74. The van der Waals surface area contributed by atoms with Gasteiger partial charge in [0.1, 0.15) is 11.6 Å². The maximum Gasteiger partial charge on any atom is 0.143 e. The van der Waals surface area contributed by atoms with Crippen LogP contribution in [0, 0.1) is 29.4 Å². The van der Waals surface area contributed by atoms with Gasteiger partial charge in [-0.3, -0.25) is 0 Å². The molecule has 1 nitrogen and oxygen atoms in total. The summed E-state index contributed by atoms with van der Waals surface area (Å²) in [5.41, 5.74) is 4.64. The van der Waals surface area contributed by atoms with E-state index in [9.17, 15) is 8.78 Å². The van der Waals surface area contributed by atoms with Crippen LogP contribution in [-0.4, -0.2) is 5.16 Å². The molecule has 0 saturated heterocycles. The molecule has 2 aliphatic carbocycles. The van der Waals surface area contributed by atoms with Crippen LogP contribution in [-0.2, 0) is 12.8 Å². The van der Waals surface area contributed by atoms with Gasteiger partial charge in [-0.1, -0.05) is 49.3 Å². The largest absolute Gasteiger partial charge is 0.205 e. The number of fused-ring (bicyclic) bond motifs is 1. The van der Waals surface area contributed by atoms with Crippen molar-refractivity contribution in [1.82, 2.24) is 0 Å². The quantitative estimate of drug-likeness (QED) is 0.334. The van der Waals surface area contributed by atoms with Gasteiger partial charge in [-0.2, -0.15) is 4.99 Å². The molecule has 0 N–H and O–H groups in total. The van der Waals surface area contributed by atoms with Gasteiger partial charge in [0.2, 0.25) is 0 Å². The molecule has 0 aliphatic heterocycles. The molecule has 1 saturated carbocycles. The van der Waals surface area contributed by atoms with E-state index in [2.05, 4.69) is 52.4 Å². The molecular formula is C24H19F2NS. The van der Waals surface area contributed by atoms with Crippen LogP contribution in [0.5, 0.6) is 0 Å². The third-order valence-corrected chi connectivity index (χ3v) is 5.59. The fraction of sp³-hybridized carbons (Fsp3) is 0.292. The molecule has 0 spiro atoms. The zero-order valence-corrected chi connectivity index (χ0v) is 16.2. The van der Waals surface area contributed by atoms with E-state index in [0.29, 0.717) is 0 Å². The number of aliphatic imine (C=N–C) groups is 1. The lowest BCUT2D eigenvalue weighted by molar-refractivity contribution is 0.314. The molecule has 1 fully saturated rings. The number of thiocarbonyl (C=S) groups is 1. The Morgan fingerprint density at radius 1 is 1.04 bits per heavy atom. The highest BCUT2D eigenvalue weighted by molar-refractivity contribution is 7.78. The third kappa shape index (κ3) is 4.12. The van der Waals surface area contributed by atoms with Gasteiger partial charge in [0.15, 0.2) is 0 Å². The van der Waals surface area contributed by atoms with Crippen molar-refractivity contribution in [3.8, 4) is 11.8 Å². The molecule has 28 heavy (non-hydrogen) atoms. The number of hydrogen-bond acceptors (Lipinski definition) is 2. The zero-order valence-electron chi connectivity index (χ0n) is 15.4. The average Bonchev–Trinajstić information content (AvgIpc) is 2.64. The number of isothiocyanates is 1. The Hall–Kier alpha value is -2.60. The lowest BCUT2D eigenvalue weighted by atomic mass is 9.80. The number of benzene rings is 2. The molecule has 0 unspecified atom stereocenters. The molecular weight excluding hydrogens is 372 g/mol. The van der Waals surface area contributed by atoms with Crippen molar-refractivity contribution >= 4 is 29.1 Å². The Kier molecular flexibility index (Phi) is 5.48. The lowest BCUT2D eigenvalue weighted by Crippen LogP contribution is -2.14. The normalized spacial score (nSPS) is 15.4. The lowest BCUT2D eigenvalue weighted by Gasteiger charge is -2.26. The second-order valence-corrected chi connectivity index (χ2v) is 7.62. The van der Waals surface area contributed by atoms with Gasteiger partial charge < -0.3 is 0 Å². The predicted molar refractivity (Wildman–Crippen MR) is 112 cm³/mol. The first kappa shape index (κ1) is 18.7. The van der Waals surface area contributed by atoms with Crippen molar-refractivity contribution in [3.05, 3.63) is 69.8 Å². The summed E-state index contributed by atoms with van der Waals surface area (Å²) < 4.78 is 28.3. The summed E-state index contributed by atoms with van der Waals surface area (Å²) in [4.78, 5) is 3.60. The van der Waals surface area contributed by atoms with Crippen LogP contribution in [0.2, 0.25) is 0 Å². The minimum absolute atomic E-state index is 0.0964. The first-order chi connectivity index (χ1) is 13.6. The Morgan fingerprint density at radius 3 is 2.50 bits per heavy atom. The summed E-state index contributed by atoms with van der Waals surface area (Å²) in [6.07, 6.45) is 8.95. The van der Waals surface area contributed by atoms with Crippen LogP contribution in [0.3, 0.4) is 0 Å². The topological polar surface area (TPSA) is 12.4 Å². The van der Waals surface area contributed by atoms with Crippen LogP contribution in [0.1, 0.15) is 47.9 Å². The first-order valence-corrected chi connectivity index (χ1v) is 9.94. The molecule has 4 rings (SSSR count). The average molecular weight is 391 g/mol. The van der Waals surface area contributed by atoms with E-state index in [1.165, 1.54) is 36.8 Å². The van der Waals surface area contributed by atoms with Gasteiger partial charge in [-0.15, -0.1) is 0 Å². The first-order valence-electron chi connectivity index (χ1n) is 9.53. The Morgan fingerprint density at radius 2 is 1.82 bits per heavy atom. The van der Waals surface area contributed by atoms with Crippen molar-refractivity contribution in [2.45, 2.75) is 38.5 Å². The van der Waals surface area contributed by atoms with E-state index in [-0.39, 0.29) is 11.3 Å². The van der Waals surface area contributed by atoms with Crippen molar-refractivity contribution in [2.75, 3.05) is 0 Å². The highest BCUT2D eigenvalue weighted by atomic mass is 32.1. The maximum absolute atomic E-state index is 14.1. The van der Waals surface area contributed by atoms with E-state index >= 15 is 0 Å². The minimum Gasteiger partial charge on any atom is -0.205 e. The van der Waals surface area contributed by atoms with Crippen molar-refractivity contribution < 1.29 is 8.78 Å². The van der Waals surface area contributed by atoms with Crippen LogP contribution in [0.4, 0.5) is 14.5 Å². The van der Waals surface area contributed by atoms with E-state index in [4.69, 9.17) is 0 Å². The summed E-state index contributed by atoms with van der Waals surface area (Å²) >= 11 is 4.46. The Bertz CT molecular complexity index is 1040. The standard InChI is InChI=1S/C24H19F2NS/c25-23-13-21(27-15-28)14-24(26)22(23)9-6-17-4-7-20-12-18(5-8-19(20)11-17)10-16-2-1-3-16/h5,8,11-14,16H,1-4,7,10H2. The number of halogens is 2. The molecule has 0 amide bonds. The second kappa shape index (κ2) is 8.19. The van der Waals surface area contributed by atoms with Gasteiger partial charge in [-0.05, 0) is 60.2 Å². The number of nitrogens with zero attached hydrogens (tertiary/aromatic N) is 1. The van der Waals surface area contributed by atoms with Gasteiger partial charge in [0.05, 0.1) is 16.4 Å². The molecule has 2 aliphatic rings. The van der Waals surface area contributed by atoms with Crippen LogP contribution >= 0.6 is 12.2 Å². The van der Waals surface area contributed by atoms with Gasteiger partial charge in [-0.25, -0.2) is 8.78 Å². The molecule has 0 atom stereocenters. The summed E-state index contributed by atoms with van der Waals surface area (Å²) in [5.74, 6) is 4.96. The molecule has 2 aromatic carbocycles. The SMILES string of the molecule is Fc1cc(N=C=S)cc(F)c1C#CC1=Cc2ccc(CC3CCC3)cc2CC1. The van der Waals surface area contributed by atoms with Crippen molar-refractivity contribution in [1.29, 1.82) is 0 Å². The van der Waals surface area contributed by atoms with Crippen LogP contribution in [0.15, 0.2) is 40.9 Å². The van der Waals surface area contributed by atoms with E-state index in [1.807, 2.05) is 6.08 Å². The summed E-state index contributed by atoms with van der Waals surface area (Å²) in [7, 11) is 0. The molecule has 4 heteroatoms.